The fourth-order valence-corrected chi connectivity index (χ4v) is 2.44. The molecule has 0 radical (unpaired) electrons. The van der Waals surface area contributed by atoms with E-state index in [1.165, 1.54) is 0 Å². The average molecular weight is 249 g/mol. The van der Waals surface area contributed by atoms with Gasteiger partial charge in [0.25, 0.3) is 0 Å². The molecule has 0 amide bonds. The van der Waals surface area contributed by atoms with Crippen LogP contribution >= 0.6 is 0 Å². The van der Waals surface area contributed by atoms with Crippen LogP contribution in [0.4, 0.5) is 0 Å². The van der Waals surface area contributed by atoms with Crippen molar-refractivity contribution in [3.63, 3.8) is 0 Å². The van der Waals surface area contributed by atoms with E-state index in [4.69, 9.17) is 9.84 Å². The van der Waals surface area contributed by atoms with E-state index in [0.717, 1.165) is 18.6 Å². The summed E-state index contributed by atoms with van der Waals surface area (Å²) < 4.78 is 5.38. The Morgan fingerprint density at radius 1 is 1.50 bits per heavy atom. The Hall–Kier alpha value is -1.39. The van der Waals surface area contributed by atoms with Crippen LogP contribution in [-0.2, 0) is 9.53 Å². The molecule has 98 valence electrons. The van der Waals surface area contributed by atoms with Gasteiger partial charge in [-0.3, -0.25) is 9.69 Å². The van der Waals surface area contributed by atoms with E-state index in [1.54, 1.807) is 0 Å². The topological polar surface area (TPSA) is 49.8 Å². The minimum absolute atomic E-state index is 0.0876. The molecule has 1 fully saturated rings. The van der Waals surface area contributed by atoms with Crippen molar-refractivity contribution in [1.29, 1.82) is 0 Å². The first-order valence-electron chi connectivity index (χ1n) is 6.25. The first kappa shape index (κ1) is 13.1. The number of carboxylic acids is 1. The van der Waals surface area contributed by atoms with Crippen molar-refractivity contribution in [1.82, 2.24) is 4.90 Å². The second kappa shape index (κ2) is 5.98. The van der Waals surface area contributed by atoms with Gasteiger partial charge in [-0.15, -0.1) is 0 Å². The highest BCUT2D eigenvalue weighted by Gasteiger charge is 2.28. The lowest BCUT2D eigenvalue weighted by Gasteiger charge is -2.31. The van der Waals surface area contributed by atoms with Crippen LogP contribution in [0.5, 0.6) is 0 Å². The maximum atomic E-state index is 11.0. The van der Waals surface area contributed by atoms with Crippen molar-refractivity contribution in [3.8, 4) is 0 Å². The molecule has 1 aromatic rings. The number of carboxylic acid groups (broad SMARTS) is 1. The van der Waals surface area contributed by atoms with E-state index in [2.05, 4.69) is 4.90 Å². The third-order valence-corrected chi connectivity index (χ3v) is 3.53. The summed E-state index contributed by atoms with van der Waals surface area (Å²) in [5, 5.41) is 9.08. The van der Waals surface area contributed by atoms with Gasteiger partial charge in [-0.1, -0.05) is 30.3 Å². The molecule has 1 aliphatic heterocycles. The second-order valence-electron chi connectivity index (χ2n) is 4.71. The lowest BCUT2D eigenvalue weighted by molar-refractivity contribution is -0.138. The molecule has 1 heterocycles. The van der Waals surface area contributed by atoms with Crippen molar-refractivity contribution in [2.75, 3.05) is 20.3 Å². The summed E-state index contributed by atoms with van der Waals surface area (Å²) in [6.45, 7) is 1.46. The van der Waals surface area contributed by atoms with Crippen molar-refractivity contribution in [2.24, 2.45) is 0 Å². The minimum Gasteiger partial charge on any atom is -0.481 e. The molecule has 4 heteroatoms. The summed E-state index contributed by atoms with van der Waals surface area (Å²) in [7, 11) is 1.99. The number of carbonyl (C=O) groups is 1. The fraction of sp³-hybridized carbons (Fsp3) is 0.500. The molecule has 0 aliphatic carbocycles. The minimum atomic E-state index is -0.769. The monoisotopic (exact) mass is 249 g/mol. The van der Waals surface area contributed by atoms with Crippen molar-refractivity contribution in [2.45, 2.75) is 24.9 Å². The molecule has 0 spiro atoms. The molecule has 1 aromatic carbocycles. The van der Waals surface area contributed by atoms with Crippen molar-refractivity contribution >= 4 is 5.97 Å². The van der Waals surface area contributed by atoms with Gasteiger partial charge in [0, 0.05) is 18.7 Å². The molecule has 1 saturated heterocycles. The third-order valence-electron chi connectivity index (χ3n) is 3.53. The van der Waals surface area contributed by atoms with Crippen LogP contribution in [0.25, 0.3) is 0 Å². The summed E-state index contributed by atoms with van der Waals surface area (Å²) in [5.41, 5.74) is 1.05. The average Bonchev–Trinajstić information content (AvgIpc) is 2.90. The van der Waals surface area contributed by atoms with Gasteiger partial charge in [-0.25, -0.2) is 0 Å². The standard InChI is InChI=1S/C14H19NO3/c1-15(12-7-8-18-10-12)13(9-14(16)17)11-5-3-2-4-6-11/h2-6,12-13H,7-10H2,1H3,(H,16,17). The predicted molar refractivity (Wildman–Crippen MR) is 68.4 cm³/mol. The molecule has 4 nitrogen and oxygen atoms in total. The summed E-state index contributed by atoms with van der Waals surface area (Å²) in [6, 6.07) is 10.0. The quantitative estimate of drug-likeness (QED) is 0.866. The number of likely N-dealkylation sites (N-methyl/N-ethyl adjacent to an activating group) is 1. The maximum Gasteiger partial charge on any atom is 0.305 e. The smallest absolute Gasteiger partial charge is 0.305 e. The van der Waals surface area contributed by atoms with Crippen LogP contribution in [0.15, 0.2) is 30.3 Å². The molecule has 0 bridgehead atoms. The van der Waals surface area contributed by atoms with Crippen LogP contribution in [0, 0.1) is 0 Å². The van der Waals surface area contributed by atoms with E-state index in [1.807, 2.05) is 37.4 Å². The zero-order valence-corrected chi connectivity index (χ0v) is 10.6. The van der Waals surface area contributed by atoms with Gasteiger partial charge >= 0.3 is 5.97 Å². The number of hydrogen-bond acceptors (Lipinski definition) is 3. The van der Waals surface area contributed by atoms with Crippen LogP contribution in [-0.4, -0.2) is 42.3 Å². The maximum absolute atomic E-state index is 11.0. The van der Waals surface area contributed by atoms with Crippen LogP contribution in [0.2, 0.25) is 0 Å². The van der Waals surface area contributed by atoms with Gasteiger partial charge < -0.3 is 9.84 Å². The van der Waals surface area contributed by atoms with E-state index < -0.39 is 5.97 Å². The number of ether oxygens (including phenoxy) is 1. The van der Waals surface area contributed by atoms with Gasteiger partial charge in [-0.2, -0.15) is 0 Å². The van der Waals surface area contributed by atoms with Crippen molar-refractivity contribution < 1.29 is 14.6 Å². The molecule has 1 N–H and O–H groups in total. The first-order valence-corrected chi connectivity index (χ1v) is 6.25. The molecular weight excluding hydrogens is 230 g/mol. The van der Waals surface area contributed by atoms with Crippen LogP contribution in [0.3, 0.4) is 0 Å². The summed E-state index contributed by atoms with van der Waals surface area (Å²) in [4.78, 5) is 13.2. The Morgan fingerprint density at radius 3 is 2.78 bits per heavy atom. The second-order valence-corrected chi connectivity index (χ2v) is 4.71. The van der Waals surface area contributed by atoms with E-state index in [0.29, 0.717) is 12.6 Å². The molecule has 18 heavy (non-hydrogen) atoms. The van der Waals surface area contributed by atoms with Gasteiger partial charge in [0.2, 0.25) is 0 Å². The fourth-order valence-electron chi connectivity index (χ4n) is 2.44. The predicted octanol–water partition coefficient (Wildman–Crippen LogP) is 1.92. The number of rotatable bonds is 5. The molecule has 1 aliphatic rings. The zero-order valence-electron chi connectivity index (χ0n) is 10.6. The molecule has 2 rings (SSSR count). The molecule has 0 aromatic heterocycles. The molecule has 2 atom stereocenters. The van der Waals surface area contributed by atoms with Gasteiger partial charge in [0.15, 0.2) is 0 Å². The summed E-state index contributed by atoms with van der Waals surface area (Å²) >= 11 is 0. The third kappa shape index (κ3) is 3.09. The Morgan fingerprint density at radius 2 is 2.22 bits per heavy atom. The zero-order chi connectivity index (χ0) is 13.0. The Labute approximate surface area is 107 Å². The van der Waals surface area contributed by atoms with Crippen LogP contribution < -0.4 is 0 Å². The van der Waals surface area contributed by atoms with E-state index >= 15 is 0 Å². The first-order chi connectivity index (χ1) is 8.68. The van der Waals surface area contributed by atoms with Crippen LogP contribution in [0.1, 0.15) is 24.4 Å². The van der Waals surface area contributed by atoms with E-state index in [9.17, 15) is 4.79 Å². The Balaban J connectivity index is 2.16. The lowest BCUT2D eigenvalue weighted by atomic mass is 10.0. The summed E-state index contributed by atoms with van der Waals surface area (Å²) in [6.07, 6.45) is 1.09. The molecule has 0 saturated carbocycles. The number of nitrogens with zero attached hydrogens (tertiary/aromatic N) is 1. The normalized spacial score (nSPS) is 21.1. The Bertz CT molecular complexity index is 387. The van der Waals surface area contributed by atoms with Gasteiger partial charge in [0.05, 0.1) is 13.0 Å². The summed E-state index contributed by atoms with van der Waals surface area (Å²) in [5.74, 6) is -0.769. The number of hydrogen-bond donors (Lipinski definition) is 1. The number of aliphatic carboxylic acids is 1. The van der Waals surface area contributed by atoms with Gasteiger partial charge in [-0.05, 0) is 19.0 Å². The lowest BCUT2D eigenvalue weighted by Crippen LogP contribution is -2.36. The molecule has 2 unspecified atom stereocenters. The highest BCUT2D eigenvalue weighted by Crippen LogP contribution is 2.27. The largest absolute Gasteiger partial charge is 0.481 e. The van der Waals surface area contributed by atoms with Gasteiger partial charge in [0.1, 0.15) is 0 Å². The van der Waals surface area contributed by atoms with E-state index in [-0.39, 0.29) is 12.5 Å². The highest BCUT2D eigenvalue weighted by atomic mass is 16.5. The van der Waals surface area contributed by atoms with Crippen molar-refractivity contribution in [3.05, 3.63) is 35.9 Å². The SMILES string of the molecule is CN(C1CCOC1)C(CC(=O)O)c1ccccc1. The highest BCUT2D eigenvalue weighted by molar-refractivity contribution is 5.68. The Kier molecular flexibility index (Phi) is 4.33. The number of benzene rings is 1. The molecular formula is C14H19NO3.